The number of carbonyl (C=O) groups excluding carboxylic acids is 1. The van der Waals surface area contributed by atoms with Crippen molar-refractivity contribution in [2.24, 2.45) is 0 Å². The molecule has 1 fully saturated rings. The molecule has 6 heteroatoms. The first-order valence-corrected chi connectivity index (χ1v) is 7.26. The van der Waals surface area contributed by atoms with E-state index in [0.29, 0.717) is 19.0 Å². The van der Waals surface area contributed by atoms with E-state index in [1.54, 1.807) is 0 Å². The second-order valence-electron chi connectivity index (χ2n) is 5.47. The van der Waals surface area contributed by atoms with Crippen molar-refractivity contribution >= 4 is 11.7 Å². The number of hydrogen-bond donors (Lipinski definition) is 2. The number of aromatic nitrogens is 2. The molecule has 0 saturated carbocycles. The topological polar surface area (TPSA) is 76.2 Å². The molecule has 1 aromatic heterocycles. The van der Waals surface area contributed by atoms with Crippen molar-refractivity contribution in [2.75, 3.05) is 25.1 Å². The average Bonchev–Trinajstić information content (AvgIpc) is 2.96. The van der Waals surface area contributed by atoms with Crippen molar-refractivity contribution in [3.8, 4) is 11.3 Å². The lowest BCUT2D eigenvalue weighted by Crippen LogP contribution is -2.39. The van der Waals surface area contributed by atoms with E-state index in [9.17, 15) is 4.79 Å². The Labute approximate surface area is 128 Å². The van der Waals surface area contributed by atoms with E-state index in [1.165, 1.54) is 11.1 Å². The summed E-state index contributed by atoms with van der Waals surface area (Å²) in [4.78, 5) is 12.1. The van der Waals surface area contributed by atoms with Crippen molar-refractivity contribution in [1.29, 1.82) is 0 Å². The minimum Gasteiger partial charge on any atom is -0.376 e. The number of aryl methyl sites for hydroxylation is 2. The number of nitrogens with one attached hydrogen (secondary N) is 2. The van der Waals surface area contributed by atoms with Gasteiger partial charge in [-0.15, -0.1) is 0 Å². The molecule has 0 radical (unpaired) electrons. The molecule has 2 N–H and O–H groups in total. The van der Waals surface area contributed by atoms with Gasteiger partial charge in [0.15, 0.2) is 11.9 Å². The maximum Gasteiger partial charge on any atom is 0.257 e. The van der Waals surface area contributed by atoms with Crippen LogP contribution in [0.5, 0.6) is 0 Å². The van der Waals surface area contributed by atoms with Crippen LogP contribution < -0.4 is 5.32 Å². The Hall–Kier alpha value is -2.18. The number of H-pyrrole nitrogens is 1. The van der Waals surface area contributed by atoms with E-state index in [4.69, 9.17) is 9.47 Å². The van der Waals surface area contributed by atoms with E-state index >= 15 is 0 Å². The summed E-state index contributed by atoms with van der Waals surface area (Å²) in [6.45, 7) is 5.35. The molecule has 3 rings (SSSR count). The van der Waals surface area contributed by atoms with E-state index in [0.717, 1.165) is 11.3 Å². The number of benzene rings is 1. The van der Waals surface area contributed by atoms with Crippen LogP contribution in [-0.4, -0.2) is 42.0 Å². The monoisotopic (exact) mass is 301 g/mol. The Bertz CT molecular complexity index is 655. The molecule has 1 aliphatic rings. The Kier molecular flexibility index (Phi) is 4.22. The van der Waals surface area contributed by atoms with Gasteiger partial charge in [-0.05, 0) is 26.0 Å². The molecule has 6 nitrogen and oxygen atoms in total. The average molecular weight is 301 g/mol. The first-order valence-electron chi connectivity index (χ1n) is 7.26. The molecule has 2 aromatic rings. The van der Waals surface area contributed by atoms with Crippen LogP contribution in [0.2, 0.25) is 0 Å². The maximum absolute atomic E-state index is 12.1. The fourth-order valence-electron chi connectivity index (χ4n) is 2.51. The predicted octanol–water partition coefficient (Wildman–Crippen LogP) is 2.05. The molecule has 0 unspecified atom stereocenters. The zero-order valence-electron chi connectivity index (χ0n) is 12.7. The molecular formula is C16H19N3O3. The Morgan fingerprint density at radius 1 is 1.23 bits per heavy atom. The highest BCUT2D eigenvalue weighted by Gasteiger charge is 2.23. The summed E-state index contributed by atoms with van der Waals surface area (Å²) in [7, 11) is 0. The number of nitrogens with zero attached hydrogens (tertiary/aromatic N) is 1. The SMILES string of the molecule is Cc1cc(C)cc(-c2cc(NC(=O)[C@H]3COCCO3)n[nH]2)c1. The number of hydrogen-bond acceptors (Lipinski definition) is 4. The number of ether oxygens (including phenoxy) is 2. The van der Waals surface area contributed by atoms with Crippen LogP contribution in [0.4, 0.5) is 5.82 Å². The van der Waals surface area contributed by atoms with Gasteiger partial charge < -0.3 is 14.8 Å². The molecule has 1 saturated heterocycles. The highest BCUT2D eigenvalue weighted by Crippen LogP contribution is 2.22. The van der Waals surface area contributed by atoms with Gasteiger partial charge in [-0.1, -0.05) is 17.2 Å². The van der Waals surface area contributed by atoms with Gasteiger partial charge in [0.2, 0.25) is 0 Å². The fourth-order valence-corrected chi connectivity index (χ4v) is 2.51. The van der Waals surface area contributed by atoms with Gasteiger partial charge in [0, 0.05) is 11.6 Å². The molecular weight excluding hydrogens is 282 g/mol. The van der Waals surface area contributed by atoms with E-state index < -0.39 is 6.10 Å². The summed E-state index contributed by atoms with van der Waals surface area (Å²) in [5.74, 6) is 0.242. The standard InChI is InChI=1S/C16H19N3O3/c1-10-5-11(2)7-12(6-10)13-8-15(19-18-13)17-16(20)14-9-21-3-4-22-14/h5-8,14H,3-4,9H2,1-2H3,(H2,17,18,19,20)/t14-/m1/s1. The van der Waals surface area contributed by atoms with Crippen LogP contribution in [0.25, 0.3) is 11.3 Å². The number of aromatic amines is 1. The van der Waals surface area contributed by atoms with Crippen molar-refractivity contribution in [3.63, 3.8) is 0 Å². The third-order valence-corrected chi connectivity index (χ3v) is 3.47. The van der Waals surface area contributed by atoms with Crippen LogP contribution in [0.15, 0.2) is 24.3 Å². The van der Waals surface area contributed by atoms with Gasteiger partial charge in [0.05, 0.1) is 25.5 Å². The second-order valence-corrected chi connectivity index (χ2v) is 5.47. The summed E-state index contributed by atoms with van der Waals surface area (Å²) < 4.78 is 10.6. The van der Waals surface area contributed by atoms with Gasteiger partial charge >= 0.3 is 0 Å². The summed E-state index contributed by atoms with van der Waals surface area (Å²) in [6, 6.07) is 8.08. The number of anilines is 1. The van der Waals surface area contributed by atoms with E-state index in [-0.39, 0.29) is 12.5 Å². The Morgan fingerprint density at radius 3 is 2.68 bits per heavy atom. The molecule has 1 aliphatic heterocycles. The summed E-state index contributed by atoms with van der Waals surface area (Å²) in [6.07, 6.45) is -0.574. The molecule has 0 aliphatic carbocycles. The molecule has 0 bridgehead atoms. The number of carbonyl (C=O) groups is 1. The van der Waals surface area contributed by atoms with Crippen LogP contribution in [-0.2, 0) is 14.3 Å². The van der Waals surface area contributed by atoms with E-state index in [1.807, 2.05) is 6.07 Å². The zero-order chi connectivity index (χ0) is 15.5. The second kappa shape index (κ2) is 6.29. The number of rotatable bonds is 3. The van der Waals surface area contributed by atoms with Crippen molar-refractivity contribution in [2.45, 2.75) is 20.0 Å². The van der Waals surface area contributed by atoms with Crippen LogP contribution in [0.3, 0.4) is 0 Å². The van der Waals surface area contributed by atoms with Crippen LogP contribution in [0, 0.1) is 13.8 Å². The molecule has 1 atom stereocenters. The smallest absolute Gasteiger partial charge is 0.257 e. The molecule has 1 amide bonds. The summed E-state index contributed by atoms with van der Waals surface area (Å²) in [5.41, 5.74) is 4.27. The van der Waals surface area contributed by atoms with Gasteiger partial charge in [0.25, 0.3) is 5.91 Å². The molecule has 22 heavy (non-hydrogen) atoms. The summed E-state index contributed by atoms with van der Waals surface area (Å²) >= 11 is 0. The van der Waals surface area contributed by atoms with Gasteiger partial charge in [-0.25, -0.2) is 0 Å². The molecule has 116 valence electrons. The third-order valence-electron chi connectivity index (χ3n) is 3.47. The van der Waals surface area contributed by atoms with Crippen molar-refractivity contribution in [3.05, 3.63) is 35.4 Å². The lowest BCUT2D eigenvalue weighted by Gasteiger charge is -2.21. The van der Waals surface area contributed by atoms with Gasteiger partial charge in [-0.2, -0.15) is 5.10 Å². The molecule has 1 aromatic carbocycles. The van der Waals surface area contributed by atoms with Crippen LogP contribution in [0.1, 0.15) is 11.1 Å². The van der Waals surface area contributed by atoms with Gasteiger partial charge in [0.1, 0.15) is 0 Å². The van der Waals surface area contributed by atoms with Crippen LogP contribution >= 0.6 is 0 Å². The van der Waals surface area contributed by atoms with Crippen molar-refractivity contribution < 1.29 is 14.3 Å². The highest BCUT2D eigenvalue weighted by molar-refractivity contribution is 5.94. The zero-order valence-corrected chi connectivity index (χ0v) is 12.7. The quantitative estimate of drug-likeness (QED) is 0.909. The predicted molar refractivity (Wildman–Crippen MR) is 82.7 cm³/mol. The minimum absolute atomic E-state index is 0.238. The lowest BCUT2D eigenvalue weighted by molar-refractivity contribution is -0.142. The number of amides is 1. The normalized spacial score (nSPS) is 18.2. The lowest BCUT2D eigenvalue weighted by atomic mass is 10.1. The molecule has 0 spiro atoms. The minimum atomic E-state index is -0.574. The first-order chi connectivity index (χ1) is 10.6. The Balaban J connectivity index is 1.72. The maximum atomic E-state index is 12.1. The highest BCUT2D eigenvalue weighted by atomic mass is 16.6. The largest absolute Gasteiger partial charge is 0.376 e. The third kappa shape index (κ3) is 3.35. The Morgan fingerprint density at radius 2 is 2.00 bits per heavy atom. The van der Waals surface area contributed by atoms with Gasteiger partial charge in [-0.3, -0.25) is 9.89 Å². The van der Waals surface area contributed by atoms with Crippen molar-refractivity contribution in [1.82, 2.24) is 10.2 Å². The fraction of sp³-hybridized carbons (Fsp3) is 0.375. The van der Waals surface area contributed by atoms with E-state index in [2.05, 4.69) is 47.6 Å². The first kappa shape index (κ1) is 14.7. The molecule has 2 heterocycles. The summed E-state index contributed by atoms with van der Waals surface area (Å²) in [5, 5.41) is 9.83.